The van der Waals surface area contributed by atoms with Crippen molar-refractivity contribution in [2.45, 2.75) is 6.92 Å². The van der Waals surface area contributed by atoms with Gasteiger partial charge in [0.25, 0.3) is 0 Å². The molecule has 0 aliphatic carbocycles. The lowest BCUT2D eigenvalue weighted by Crippen LogP contribution is -2.06. The van der Waals surface area contributed by atoms with Gasteiger partial charge in [-0.25, -0.2) is 4.79 Å². The van der Waals surface area contributed by atoms with Gasteiger partial charge in [0.05, 0.1) is 11.3 Å². The molecule has 0 spiro atoms. The Kier molecular flexibility index (Phi) is 3.85. The molecule has 0 saturated heterocycles. The number of carboxylic acids is 1. The van der Waals surface area contributed by atoms with E-state index < -0.39 is 5.97 Å². The Balaban J connectivity index is 3.30. The summed E-state index contributed by atoms with van der Waals surface area (Å²) in [5, 5.41) is 8.87. The van der Waals surface area contributed by atoms with Crippen LogP contribution >= 0.6 is 15.9 Å². The number of anilines is 1. The Morgan fingerprint density at radius 3 is 2.87 bits per heavy atom. The van der Waals surface area contributed by atoms with Gasteiger partial charge < -0.3 is 10.8 Å². The number of benzene rings is 1. The summed E-state index contributed by atoms with van der Waals surface area (Å²) in [6.45, 7) is 2.52. The van der Waals surface area contributed by atoms with E-state index in [1.54, 1.807) is 12.3 Å². The Morgan fingerprint density at radius 1 is 1.67 bits per heavy atom. The van der Waals surface area contributed by atoms with Crippen molar-refractivity contribution in [1.29, 1.82) is 0 Å². The average Bonchev–Trinajstić information content (AvgIpc) is 2.17. The predicted octanol–water partition coefficient (Wildman–Crippen LogP) is 2.17. The third kappa shape index (κ3) is 2.56. The summed E-state index contributed by atoms with van der Waals surface area (Å²) < 4.78 is 0.738. The molecule has 3 N–H and O–H groups in total. The largest absolute Gasteiger partial charge is 0.478 e. The molecule has 1 aromatic rings. The first-order valence-corrected chi connectivity index (χ1v) is 5.18. The Bertz CT molecular complexity index is 416. The molecule has 1 rings (SSSR count). The van der Waals surface area contributed by atoms with Gasteiger partial charge in [-0.15, -0.1) is 0 Å². The van der Waals surface area contributed by atoms with E-state index in [2.05, 4.69) is 20.9 Å². The number of hydrogen-bond donors (Lipinski definition) is 2. The molecule has 0 aliphatic rings. The second-order valence-electron chi connectivity index (χ2n) is 2.86. The summed E-state index contributed by atoms with van der Waals surface area (Å²) in [5.41, 5.74) is 6.66. The normalized spacial score (nSPS) is 10.8. The molecule has 0 aromatic heterocycles. The molecule has 0 bridgehead atoms. The van der Waals surface area contributed by atoms with Crippen LogP contribution in [0.1, 0.15) is 22.8 Å². The van der Waals surface area contributed by atoms with Crippen LogP contribution in [0, 0.1) is 0 Å². The molecule has 0 aliphatic heterocycles. The Labute approximate surface area is 95.9 Å². The lowest BCUT2D eigenvalue weighted by Gasteiger charge is -2.06. The van der Waals surface area contributed by atoms with Crippen LogP contribution in [0.15, 0.2) is 21.6 Å². The number of rotatable bonds is 3. The van der Waals surface area contributed by atoms with Crippen LogP contribution in [0.2, 0.25) is 0 Å². The van der Waals surface area contributed by atoms with E-state index in [0.29, 0.717) is 12.1 Å². The molecule has 4 nitrogen and oxygen atoms in total. The summed E-state index contributed by atoms with van der Waals surface area (Å²) in [4.78, 5) is 14.9. The number of hydrogen-bond acceptors (Lipinski definition) is 3. The summed E-state index contributed by atoms with van der Waals surface area (Å²) in [5.74, 6) is -1.04. The molecule has 0 saturated carbocycles. The fourth-order valence-electron chi connectivity index (χ4n) is 1.11. The molecular weight excluding hydrogens is 260 g/mol. The highest BCUT2D eigenvalue weighted by molar-refractivity contribution is 9.10. The van der Waals surface area contributed by atoms with Crippen LogP contribution < -0.4 is 5.73 Å². The van der Waals surface area contributed by atoms with Gasteiger partial charge in [-0.2, -0.15) is 0 Å². The third-order valence-corrected chi connectivity index (χ3v) is 2.56. The van der Waals surface area contributed by atoms with Crippen molar-refractivity contribution in [2.24, 2.45) is 4.99 Å². The molecule has 0 amide bonds. The van der Waals surface area contributed by atoms with Gasteiger partial charge in [0.2, 0.25) is 0 Å². The van der Waals surface area contributed by atoms with Gasteiger partial charge in [0, 0.05) is 22.8 Å². The molecule has 5 heteroatoms. The van der Waals surface area contributed by atoms with E-state index >= 15 is 0 Å². The predicted molar refractivity (Wildman–Crippen MR) is 63.6 cm³/mol. The van der Waals surface area contributed by atoms with E-state index in [9.17, 15) is 4.79 Å². The van der Waals surface area contributed by atoms with Crippen LogP contribution in [0.5, 0.6) is 0 Å². The number of nitrogens with two attached hydrogens (primary N) is 1. The monoisotopic (exact) mass is 270 g/mol. The van der Waals surface area contributed by atoms with Crippen LogP contribution in [0.3, 0.4) is 0 Å². The summed E-state index contributed by atoms with van der Waals surface area (Å²) >= 11 is 3.30. The minimum atomic E-state index is -1.04. The molecule has 0 unspecified atom stereocenters. The van der Waals surface area contributed by atoms with Crippen LogP contribution in [0.4, 0.5) is 5.69 Å². The number of carbonyl (C=O) groups is 1. The first-order chi connectivity index (χ1) is 7.07. The SMILES string of the molecule is CCN=Cc1c(Br)ccc(C(=O)O)c1N. The standard InChI is InChI=1S/C10H11BrN2O2/c1-2-13-5-7-8(11)4-3-6(9(7)12)10(14)15/h3-5H,2,12H2,1H3,(H,14,15). The molecule has 80 valence electrons. The van der Waals surface area contributed by atoms with Gasteiger partial charge in [-0.05, 0) is 19.1 Å². The smallest absolute Gasteiger partial charge is 0.337 e. The second-order valence-corrected chi connectivity index (χ2v) is 3.71. The third-order valence-electron chi connectivity index (χ3n) is 1.87. The Hall–Kier alpha value is -1.36. The van der Waals surface area contributed by atoms with Crippen molar-refractivity contribution in [2.75, 3.05) is 12.3 Å². The minimum Gasteiger partial charge on any atom is -0.478 e. The molecule has 0 fully saturated rings. The minimum absolute atomic E-state index is 0.0933. The Morgan fingerprint density at radius 2 is 2.33 bits per heavy atom. The topological polar surface area (TPSA) is 75.7 Å². The van der Waals surface area contributed by atoms with E-state index in [1.165, 1.54) is 6.07 Å². The summed E-state index contributed by atoms with van der Waals surface area (Å²) in [6.07, 6.45) is 1.58. The van der Waals surface area contributed by atoms with Crippen molar-refractivity contribution in [3.8, 4) is 0 Å². The lowest BCUT2D eigenvalue weighted by atomic mass is 10.1. The lowest BCUT2D eigenvalue weighted by molar-refractivity contribution is 0.0698. The number of nitrogen functional groups attached to an aromatic ring is 1. The number of aromatic carboxylic acids is 1. The van der Waals surface area contributed by atoms with E-state index in [0.717, 1.165) is 4.47 Å². The number of carboxylic acid groups (broad SMARTS) is 1. The summed E-state index contributed by atoms with van der Waals surface area (Å²) in [6, 6.07) is 3.11. The maximum absolute atomic E-state index is 10.8. The second kappa shape index (κ2) is 4.93. The number of halogens is 1. The maximum atomic E-state index is 10.8. The maximum Gasteiger partial charge on any atom is 0.337 e. The van der Waals surface area contributed by atoms with Gasteiger partial charge in [0.1, 0.15) is 0 Å². The molecule has 0 atom stereocenters. The molecular formula is C10H11BrN2O2. The van der Waals surface area contributed by atoms with E-state index in [1.807, 2.05) is 6.92 Å². The zero-order valence-corrected chi connectivity index (χ0v) is 9.78. The van der Waals surface area contributed by atoms with E-state index in [-0.39, 0.29) is 11.3 Å². The molecule has 0 radical (unpaired) electrons. The van der Waals surface area contributed by atoms with E-state index in [4.69, 9.17) is 10.8 Å². The highest BCUT2D eigenvalue weighted by Gasteiger charge is 2.12. The van der Waals surface area contributed by atoms with Crippen LogP contribution in [0.25, 0.3) is 0 Å². The first-order valence-electron chi connectivity index (χ1n) is 4.39. The highest BCUT2D eigenvalue weighted by Crippen LogP contribution is 2.24. The fraction of sp³-hybridized carbons (Fsp3) is 0.200. The zero-order valence-electron chi connectivity index (χ0n) is 8.20. The van der Waals surface area contributed by atoms with Gasteiger partial charge >= 0.3 is 5.97 Å². The van der Waals surface area contributed by atoms with Gasteiger partial charge in [-0.1, -0.05) is 15.9 Å². The quantitative estimate of drug-likeness (QED) is 0.653. The zero-order chi connectivity index (χ0) is 11.4. The van der Waals surface area contributed by atoms with Gasteiger partial charge in [-0.3, -0.25) is 4.99 Å². The van der Waals surface area contributed by atoms with Gasteiger partial charge in [0.15, 0.2) is 0 Å². The van der Waals surface area contributed by atoms with Crippen molar-refractivity contribution in [3.05, 3.63) is 27.7 Å². The van der Waals surface area contributed by atoms with Crippen molar-refractivity contribution < 1.29 is 9.90 Å². The molecule has 0 heterocycles. The summed E-state index contributed by atoms with van der Waals surface area (Å²) in [7, 11) is 0. The fourth-order valence-corrected chi connectivity index (χ4v) is 1.56. The number of nitrogens with zero attached hydrogens (tertiary/aromatic N) is 1. The van der Waals surface area contributed by atoms with Crippen molar-refractivity contribution in [3.63, 3.8) is 0 Å². The van der Waals surface area contributed by atoms with Crippen LogP contribution in [-0.4, -0.2) is 23.8 Å². The van der Waals surface area contributed by atoms with Crippen molar-refractivity contribution in [1.82, 2.24) is 0 Å². The number of aliphatic imine (C=N–C) groups is 1. The highest BCUT2D eigenvalue weighted by atomic mass is 79.9. The molecule has 1 aromatic carbocycles. The first kappa shape index (κ1) is 11.7. The van der Waals surface area contributed by atoms with Crippen molar-refractivity contribution >= 4 is 33.8 Å². The average molecular weight is 271 g/mol. The molecule has 15 heavy (non-hydrogen) atoms. The van der Waals surface area contributed by atoms with Crippen LogP contribution in [-0.2, 0) is 0 Å².